The van der Waals surface area contributed by atoms with Gasteiger partial charge in [-0.3, -0.25) is 9.59 Å². The van der Waals surface area contributed by atoms with Crippen LogP contribution in [0.1, 0.15) is 37.2 Å². The highest BCUT2D eigenvalue weighted by Gasteiger charge is 2.33. The van der Waals surface area contributed by atoms with E-state index in [0.29, 0.717) is 19.5 Å². The molecule has 21 heavy (non-hydrogen) atoms. The number of anilines is 1. The van der Waals surface area contributed by atoms with E-state index in [2.05, 4.69) is 5.32 Å². The molecule has 2 atom stereocenters. The second-order valence-electron chi connectivity index (χ2n) is 5.80. The van der Waals surface area contributed by atoms with E-state index >= 15 is 0 Å². The highest BCUT2D eigenvalue weighted by atomic mass is 16.3. The maximum atomic E-state index is 12.8. The zero-order valence-corrected chi connectivity index (χ0v) is 11.9. The number of amides is 2. The molecule has 2 unspecified atom stereocenters. The van der Waals surface area contributed by atoms with Gasteiger partial charge in [0.2, 0.25) is 11.8 Å². The SMILES string of the molecule is O=C1CC(C(=O)N2CCCC(O)CC2)c2ccccc2N1. The summed E-state index contributed by atoms with van der Waals surface area (Å²) in [7, 11) is 0. The van der Waals surface area contributed by atoms with Gasteiger partial charge in [0, 0.05) is 25.2 Å². The molecule has 0 radical (unpaired) electrons. The average Bonchev–Trinajstić information content (AvgIpc) is 2.70. The first-order valence-corrected chi connectivity index (χ1v) is 7.51. The van der Waals surface area contributed by atoms with Crippen LogP contribution in [0.25, 0.3) is 0 Å². The van der Waals surface area contributed by atoms with Gasteiger partial charge in [0.15, 0.2) is 0 Å². The van der Waals surface area contributed by atoms with E-state index in [9.17, 15) is 14.7 Å². The average molecular weight is 288 g/mol. The molecule has 5 heteroatoms. The van der Waals surface area contributed by atoms with Gasteiger partial charge in [-0.1, -0.05) is 18.2 Å². The first-order chi connectivity index (χ1) is 10.1. The number of carbonyl (C=O) groups excluding carboxylic acids is 2. The van der Waals surface area contributed by atoms with E-state index in [1.165, 1.54) is 0 Å². The van der Waals surface area contributed by atoms with Gasteiger partial charge in [0.05, 0.1) is 12.0 Å². The molecule has 0 bridgehead atoms. The third-order valence-corrected chi connectivity index (χ3v) is 4.31. The summed E-state index contributed by atoms with van der Waals surface area (Å²) in [4.78, 5) is 26.4. The topological polar surface area (TPSA) is 69.6 Å². The number of aliphatic hydroxyl groups excluding tert-OH is 1. The third-order valence-electron chi connectivity index (χ3n) is 4.31. The molecule has 112 valence electrons. The molecule has 2 N–H and O–H groups in total. The van der Waals surface area contributed by atoms with E-state index < -0.39 is 5.92 Å². The predicted molar refractivity (Wildman–Crippen MR) is 78.9 cm³/mol. The number of hydrogen-bond donors (Lipinski definition) is 2. The Balaban J connectivity index is 1.82. The van der Waals surface area contributed by atoms with Gasteiger partial charge < -0.3 is 15.3 Å². The molecule has 0 spiro atoms. The van der Waals surface area contributed by atoms with E-state index in [0.717, 1.165) is 24.1 Å². The summed E-state index contributed by atoms with van der Waals surface area (Å²) in [6, 6.07) is 7.49. The maximum absolute atomic E-state index is 12.8. The summed E-state index contributed by atoms with van der Waals surface area (Å²) in [6.07, 6.45) is 2.06. The molecule has 0 saturated carbocycles. The van der Waals surface area contributed by atoms with Crippen LogP contribution < -0.4 is 5.32 Å². The first kappa shape index (κ1) is 14.1. The number of fused-ring (bicyclic) bond motifs is 1. The Labute approximate surface area is 123 Å². The molecule has 2 heterocycles. The lowest BCUT2D eigenvalue weighted by Gasteiger charge is -2.30. The number of nitrogens with zero attached hydrogens (tertiary/aromatic N) is 1. The van der Waals surface area contributed by atoms with Crippen LogP contribution in [0.15, 0.2) is 24.3 Å². The molecular formula is C16H20N2O3. The molecule has 0 aliphatic carbocycles. The summed E-state index contributed by atoms with van der Waals surface area (Å²) in [5.41, 5.74) is 1.63. The van der Waals surface area contributed by atoms with Crippen molar-refractivity contribution in [3.05, 3.63) is 29.8 Å². The Morgan fingerprint density at radius 1 is 1.24 bits per heavy atom. The molecule has 2 amide bonds. The lowest BCUT2D eigenvalue weighted by molar-refractivity contribution is -0.135. The van der Waals surface area contributed by atoms with Gasteiger partial charge in [-0.05, 0) is 30.9 Å². The smallest absolute Gasteiger partial charge is 0.230 e. The van der Waals surface area contributed by atoms with Crippen LogP contribution >= 0.6 is 0 Å². The predicted octanol–water partition coefficient (Wildman–Crippen LogP) is 1.49. The third kappa shape index (κ3) is 2.93. The fraction of sp³-hybridized carbons (Fsp3) is 0.500. The largest absolute Gasteiger partial charge is 0.393 e. The summed E-state index contributed by atoms with van der Waals surface area (Å²) >= 11 is 0. The summed E-state index contributed by atoms with van der Waals surface area (Å²) in [5, 5.41) is 12.5. The molecule has 2 aliphatic heterocycles. The van der Waals surface area contributed by atoms with Gasteiger partial charge in [-0.2, -0.15) is 0 Å². The molecule has 1 aromatic rings. The summed E-state index contributed by atoms with van der Waals surface area (Å²) < 4.78 is 0. The Morgan fingerprint density at radius 3 is 2.90 bits per heavy atom. The first-order valence-electron chi connectivity index (χ1n) is 7.51. The van der Waals surface area contributed by atoms with Crippen molar-refractivity contribution in [3.8, 4) is 0 Å². The minimum Gasteiger partial charge on any atom is -0.393 e. The number of aliphatic hydroxyl groups is 1. The van der Waals surface area contributed by atoms with Crippen molar-refractivity contribution in [3.63, 3.8) is 0 Å². The zero-order chi connectivity index (χ0) is 14.8. The second-order valence-corrected chi connectivity index (χ2v) is 5.80. The minimum absolute atomic E-state index is 0.00593. The fourth-order valence-electron chi connectivity index (χ4n) is 3.15. The number of hydrogen-bond acceptors (Lipinski definition) is 3. The molecule has 3 rings (SSSR count). The fourth-order valence-corrected chi connectivity index (χ4v) is 3.15. The van der Waals surface area contributed by atoms with Crippen molar-refractivity contribution in [1.29, 1.82) is 0 Å². The molecule has 5 nitrogen and oxygen atoms in total. The van der Waals surface area contributed by atoms with Crippen LogP contribution in [0.3, 0.4) is 0 Å². The van der Waals surface area contributed by atoms with Crippen LogP contribution in [-0.2, 0) is 9.59 Å². The van der Waals surface area contributed by atoms with Crippen LogP contribution in [0.5, 0.6) is 0 Å². The Hall–Kier alpha value is -1.88. The van der Waals surface area contributed by atoms with Gasteiger partial charge in [-0.15, -0.1) is 0 Å². The highest BCUT2D eigenvalue weighted by molar-refractivity contribution is 6.01. The van der Waals surface area contributed by atoms with Crippen molar-refractivity contribution in [2.24, 2.45) is 0 Å². The molecular weight excluding hydrogens is 268 g/mol. The van der Waals surface area contributed by atoms with E-state index in [4.69, 9.17) is 0 Å². The standard InChI is InChI=1S/C16H20N2O3/c19-11-4-3-8-18(9-7-11)16(21)13-10-15(20)17-14-6-2-1-5-12(13)14/h1-2,5-6,11,13,19H,3-4,7-10H2,(H,17,20). The van der Waals surface area contributed by atoms with Gasteiger partial charge in [0.1, 0.15) is 0 Å². The van der Waals surface area contributed by atoms with Crippen LogP contribution in [0, 0.1) is 0 Å². The van der Waals surface area contributed by atoms with Gasteiger partial charge >= 0.3 is 0 Å². The molecule has 2 aliphatic rings. The summed E-state index contributed by atoms with van der Waals surface area (Å²) in [6.45, 7) is 1.23. The highest BCUT2D eigenvalue weighted by Crippen LogP contribution is 2.33. The Kier molecular flexibility index (Phi) is 3.92. The lowest BCUT2D eigenvalue weighted by Crippen LogP contribution is -2.39. The van der Waals surface area contributed by atoms with Crippen molar-refractivity contribution in [1.82, 2.24) is 4.90 Å². The van der Waals surface area contributed by atoms with Crippen LogP contribution in [-0.4, -0.2) is 41.0 Å². The van der Waals surface area contributed by atoms with E-state index in [1.54, 1.807) is 4.90 Å². The molecule has 1 fully saturated rings. The monoisotopic (exact) mass is 288 g/mol. The van der Waals surface area contributed by atoms with Crippen molar-refractivity contribution in [2.75, 3.05) is 18.4 Å². The number of likely N-dealkylation sites (tertiary alicyclic amines) is 1. The number of para-hydroxylation sites is 1. The Bertz CT molecular complexity index is 558. The lowest BCUT2D eigenvalue weighted by atomic mass is 9.89. The van der Waals surface area contributed by atoms with Crippen LogP contribution in [0.4, 0.5) is 5.69 Å². The van der Waals surface area contributed by atoms with Gasteiger partial charge in [0.25, 0.3) is 0 Å². The van der Waals surface area contributed by atoms with Crippen molar-refractivity contribution < 1.29 is 14.7 Å². The van der Waals surface area contributed by atoms with Crippen molar-refractivity contribution >= 4 is 17.5 Å². The van der Waals surface area contributed by atoms with Crippen LogP contribution in [0.2, 0.25) is 0 Å². The number of carbonyl (C=O) groups is 2. The normalized spacial score (nSPS) is 25.8. The summed E-state index contributed by atoms with van der Waals surface area (Å²) in [5.74, 6) is -0.501. The molecule has 1 saturated heterocycles. The van der Waals surface area contributed by atoms with Gasteiger partial charge in [-0.25, -0.2) is 0 Å². The number of nitrogens with one attached hydrogen (secondary N) is 1. The number of benzene rings is 1. The molecule has 1 aromatic carbocycles. The quantitative estimate of drug-likeness (QED) is 0.822. The maximum Gasteiger partial charge on any atom is 0.230 e. The molecule has 0 aromatic heterocycles. The second kappa shape index (κ2) is 5.85. The Morgan fingerprint density at radius 2 is 2.05 bits per heavy atom. The van der Waals surface area contributed by atoms with Crippen molar-refractivity contribution in [2.45, 2.75) is 37.7 Å². The van der Waals surface area contributed by atoms with E-state index in [1.807, 2.05) is 24.3 Å². The zero-order valence-electron chi connectivity index (χ0n) is 11.9. The van der Waals surface area contributed by atoms with E-state index in [-0.39, 0.29) is 24.3 Å². The minimum atomic E-state index is -0.398. The number of rotatable bonds is 1.